The topological polar surface area (TPSA) is 79.0 Å². The Morgan fingerprint density at radius 1 is 1.15 bits per heavy atom. The highest BCUT2D eigenvalue weighted by Gasteiger charge is 2.49. The molecule has 1 aromatic carbocycles. The lowest BCUT2D eigenvalue weighted by Gasteiger charge is -2.34. The second-order valence-corrected chi connectivity index (χ2v) is 6.77. The van der Waals surface area contributed by atoms with Gasteiger partial charge in [-0.3, -0.25) is 9.59 Å². The normalized spacial score (nSPS) is 22.6. The molecule has 1 aliphatic heterocycles. The summed E-state index contributed by atoms with van der Waals surface area (Å²) in [6.07, 6.45) is 0.593. The maximum atomic E-state index is 12.6. The summed E-state index contributed by atoms with van der Waals surface area (Å²) in [5.74, 6) is -1.03. The van der Waals surface area contributed by atoms with Crippen LogP contribution in [0.15, 0.2) is 24.3 Å². The first kappa shape index (κ1) is 18.4. The number of ether oxygens (including phenoxy) is 1. The number of amides is 2. The molecule has 0 spiro atoms. The van der Waals surface area contributed by atoms with E-state index in [2.05, 4.69) is 21.9 Å². The van der Waals surface area contributed by atoms with Gasteiger partial charge >= 0.3 is 5.97 Å². The first-order valence-corrected chi connectivity index (χ1v) is 9.04. The van der Waals surface area contributed by atoms with Crippen LogP contribution in [0.25, 0.3) is 0 Å². The minimum absolute atomic E-state index is 0.0872. The highest BCUT2D eigenvalue weighted by Crippen LogP contribution is 2.41. The molecule has 140 valence electrons. The van der Waals surface area contributed by atoms with Crippen molar-refractivity contribution in [3.8, 4) is 0 Å². The Labute approximate surface area is 153 Å². The maximum Gasteiger partial charge on any atom is 0.337 e. The molecule has 1 N–H and O–H groups in total. The van der Waals surface area contributed by atoms with E-state index in [4.69, 9.17) is 0 Å². The van der Waals surface area contributed by atoms with E-state index in [9.17, 15) is 14.4 Å². The molecule has 1 aromatic rings. The van der Waals surface area contributed by atoms with Crippen molar-refractivity contribution in [2.24, 2.45) is 11.8 Å². The number of carbonyl (C=O) groups is 3. The van der Waals surface area contributed by atoms with E-state index in [0.717, 1.165) is 32.7 Å². The van der Waals surface area contributed by atoms with Gasteiger partial charge in [0.25, 0.3) is 0 Å². The summed E-state index contributed by atoms with van der Waals surface area (Å²) in [6.45, 7) is 6.38. The van der Waals surface area contributed by atoms with Crippen molar-refractivity contribution in [3.63, 3.8) is 0 Å². The Morgan fingerprint density at radius 2 is 1.88 bits per heavy atom. The Morgan fingerprint density at radius 3 is 2.54 bits per heavy atom. The van der Waals surface area contributed by atoms with Gasteiger partial charge in [-0.05, 0) is 31.2 Å². The van der Waals surface area contributed by atoms with Gasteiger partial charge in [0.2, 0.25) is 11.8 Å². The third-order valence-corrected chi connectivity index (χ3v) is 5.13. The fourth-order valence-corrected chi connectivity index (χ4v) is 3.35. The summed E-state index contributed by atoms with van der Waals surface area (Å²) >= 11 is 0. The monoisotopic (exact) mass is 359 g/mol. The highest BCUT2D eigenvalue weighted by atomic mass is 16.5. The Balaban J connectivity index is 1.53. The average Bonchev–Trinajstić information content (AvgIpc) is 3.48. The molecule has 2 unspecified atom stereocenters. The van der Waals surface area contributed by atoms with Gasteiger partial charge in [0.15, 0.2) is 0 Å². The predicted octanol–water partition coefficient (Wildman–Crippen LogP) is 1.21. The number of methoxy groups -OCH3 is 1. The summed E-state index contributed by atoms with van der Waals surface area (Å²) < 4.78 is 4.68. The largest absolute Gasteiger partial charge is 0.465 e. The number of anilines is 1. The van der Waals surface area contributed by atoms with Crippen molar-refractivity contribution in [2.75, 3.05) is 45.2 Å². The summed E-state index contributed by atoms with van der Waals surface area (Å²) in [5, 5.41) is 2.80. The number of rotatable bonds is 5. The van der Waals surface area contributed by atoms with E-state index in [1.54, 1.807) is 24.3 Å². The van der Waals surface area contributed by atoms with Crippen LogP contribution in [0.2, 0.25) is 0 Å². The van der Waals surface area contributed by atoms with Crippen LogP contribution in [0.5, 0.6) is 0 Å². The lowest BCUT2D eigenvalue weighted by atomic mass is 10.2. The smallest absolute Gasteiger partial charge is 0.337 e. The first-order valence-electron chi connectivity index (χ1n) is 9.04. The lowest BCUT2D eigenvalue weighted by Crippen LogP contribution is -2.49. The molecule has 1 saturated heterocycles. The number of piperazine rings is 1. The van der Waals surface area contributed by atoms with Crippen LogP contribution in [0, 0.1) is 11.8 Å². The molecule has 7 nitrogen and oxygen atoms in total. The predicted molar refractivity (Wildman–Crippen MR) is 96.7 cm³/mol. The Kier molecular flexibility index (Phi) is 5.56. The molecule has 0 bridgehead atoms. The van der Waals surface area contributed by atoms with Crippen LogP contribution in [-0.2, 0) is 14.3 Å². The number of likely N-dealkylation sites (N-methyl/N-ethyl adjacent to an activating group) is 1. The molecular weight excluding hydrogens is 334 g/mol. The van der Waals surface area contributed by atoms with Crippen LogP contribution in [0.1, 0.15) is 23.7 Å². The summed E-state index contributed by atoms with van der Waals surface area (Å²) in [6, 6.07) is 6.60. The van der Waals surface area contributed by atoms with Gasteiger partial charge in [0.05, 0.1) is 24.5 Å². The average molecular weight is 359 g/mol. The second-order valence-electron chi connectivity index (χ2n) is 6.77. The Hall–Kier alpha value is -2.41. The van der Waals surface area contributed by atoms with Crippen LogP contribution < -0.4 is 5.32 Å². The van der Waals surface area contributed by atoms with Gasteiger partial charge in [-0.25, -0.2) is 4.79 Å². The molecule has 0 radical (unpaired) electrons. The van der Waals surface area contributed by atoms with Gasteiger partial charge in [-0.15, -0.1) is 0 Å². The molecule has 3 rings (SSSR count). The molecule has 1 saturated carbocycles. The summed E-state index contributed by atoms with van der Waals surface area (Å²) in [5.41, 5.74) is 0.912. The molecule has 7 heteroatoms. The molecule has 1 heterocycles. The van der Waals surface area contributed by atoms with Crippen molar-refractivity contribution >= 4 is 23.5 Å². The van der Waals surface area contributed by atoms with Crippen molar-refractivity contribution < 1.29 is 19.1 Å². The van der Waals surface area contributed by atoms with Crippen molar-refractivity contribution in [2.45, 2.75) is 13.3 Å². The molecule has 2 atom stereocenters. The van der Waals surface area contributed by atoms with Gasteiger partial charge in [-0.2, -0.15) is 0 Å². The van der Waals surface area contributed by atoms with Crippen molar-refractivity contribution in [1.82, 2.24) is 9.80 Å². The third kappa shape index (κ3) is 4.04. The van der Waals surface area contributed by atoms with Gasteiger partial charge in [0, 0.05) is 31.9 Å². The zero-order valence-corrected chi connectivity index (χ0v) is 15.2. The van der Waals surface area contributed by atoms with E-state index < -0.39 is 5.97 Å². The molecule has 26 heavy (non-hydrogen) atoms. The quantitative estimate of drug-likeness (QED) is 0.800. The maximum absolute atomic E-state index is 12.6. The first-order chi connectivity index (χ1) is 12.5. The van der Waals surface area contributed by atoms with E-state index in [-0.39, 0.29) is 23.7 Å². The van der Waals surface area contributed by atoms with Crippen molar-refractivity contribution in [3.05, 3.63) is 29.8 Å². The number of nitrogens with zero attached hydrogens (tertiary/aromatic N) is 2. The number of hydrogen-bond donors (Lipinski definition) is 1. The second kappa shape index (κ2) is 7.86. The fourth-order valence-electron chi connectivity index (χ4n) is 3.35. The fraction of sp³-hybridized carbons (Fsp3) is 0.526. The lowest BCUT2D eigenvalue weighted by molar-refractivity contribution is -0.135. The number of benzene rings is 1. The molecule has 1 aliphatic carbocycles. The number of nitrogens with one attached hydrogen (secondary N) is 1. The number of esters is 1. The molecule has 2 aliphatic rings. The van der Waals surface area contributed by atoms with Crippen LogP contribution in [0.3, 0.4) is 0 Å². The highest BCUT2D eigenvalue weighted by molar-refractivity contribution is 6.00. The van der Waals surface area contributed by atoms with E-state index in [1.165, 1.54) is 7.11 Å². The zero-order chi connectivity index (χ0) is 18.7. The van der Waals surface area contributed by atoms with Crippen molar-refractivity contribution in [1.29, 1.82) is 0 Å². The van der Waals surface area contributed by atoms with E-state index in [0.29, 0.717) is 17.7 Å². The Bertz CT molecular complexity index is 698. The van der Waals surface area contributed by atoms with E-state index >= 15 is 0 Å². The minimum Gasteiger partial charge on any atom is -0.465 e. The molecule has 2 fully saturated rings. The standard InChI is InChI=1S/C19H25N3O4/c1-3-21-7-9-22(10-8-21)18(24)16-12-15(16)17(23)20-14-6-4-5-13(11-14)19(25)26-2/h4-6,11,15-16H,3,7-10,12H2,1-2H3,(H,20,23). The molecule has 2 amide bonds. The van der Waals surface area contributed by atoms with Crippen LogP contribution in [0.4, 0.5) is 5.69 Å². The zero-order valence-electron chi connectivity index (χ0n) is 15.2. The molecule has 0 aromatic heterocycles. The van der Waals surface area contributed by atoms with Crippen LogP contribution in [-0.4, -0.2) is 67.4 Å². The number of hydrogen-bond acceptors (Lipinski definition) is 5. The van der Waals surface area contributed by atoms with Gasteiger partial charge in [0.1, 0.15) is 0 Å². The summed E-state index contributed by atoms with van der Waals surface area (Å²) in [7, 11) is 1.31. The number of carbonyl (C=O) groups excluding carboxylic acids is 3. The SMILES string of the molecule is CCN1CCN(C(=O)C2CC2C(=O)Nc2cccc(C(=O)OC)c2)CC1. The minimum atomic E-state index is -0.452. The van der Waals surface area contributed by atoms with Crippen LogP contribution >= 0.6 is 0 Å². The third-order valence-electron chi connectivity index (χ3n) is 5.13. The van der Waals surface area contributed by atoms with Gasteiger partial charge in [-0.1, -0.05) is 13.0 Å². The van der Waals surface area contributed by atoms with Gasteiger partial charge < -0.3 is 19.9 Å². The van der Waals surface area contributed by atoms with E-state index in [1.807, 2.05) is 4.90 Å². The molecular formula is C19H25N3O4. The summed E-state index contributed by atoms with van der Waals surface area (Å²) in [4.78, 5) is 40.7.